The molecule has 1 aromatic carbocycles. The van der Waals surface area contributed by atoms with Crippen LogP contribution < -0.4 is 0 Å². The van der Waals surface area contributed by atoms with E-state index in [9.17, 15) is 27.9 Å². The third-order valence-corrected chi connectivity index (χ3v) is 3.24. The lowest BCUT2D eigenvalue weighted by Crippen LogP contribution is -2.48. The van der Waals surface area contributed by atoms with Crippen LogP contribution in [0.25, 0.3) is 0 Å². The lowest BCUT2D eigenvalue weighted by molar-refractivity contribution is -0.190. The van der Waals surface area contributed by atoms with Crippen LogP contribution in [0.2, 0.25) is 0 Å². The Kier molecular flexibility index (Phi) is 3.60. The fourth-order valence-corrected chi connectivity index (χ4v) is 2.34. The van der Waals surface area contributed by atoms with E-state index in [-0.39, 0.29) is 24.1 Å². The SMILES string of the molecule is N#Cc1ccc2c(c1)CCN(C(=O)C(F)(F)F)C2C(=O)O. The molecule has 0 aromatic heterocycles. The molecule has 1 unspecified atom stereocenters. The summed E-state index contributed by atoms with van der Waals surface area (Å²) in [6.45, 7) is -0.364. The molecule has 0 saturated heterocycles. The molecular weight excluding hydrogens is 289 g/mol. The number of rotatable bonds is 1. The van der Waals surface area contributed by atoms with Gasteiger partial charge in [-0.2, -0.15) is 18.4 Å². The van der Waals surface area contributed by atoms with Crippen molar-refractivity contribution in [3.63, 3.8) is 0 Å². The molecule has 0 saturated carbocycles. The van der Waals surface area contributed by atoms with Crippen molar-refractivity contribution in [2.75, 3.05) is 6.54 Å². The first-order chi connectivity index (χ1) is 9.75. The molecule has 1 aliphatic heterocycles. The quantitative estimate of drug-likeness (QED) is 0.854. The first-order valence-electron chi connectivity index (χ1n) is 5.89. The Balaban J connectivity index is 2.48. The van der Waals surface area contributed by atoms with Crippen molar-refractivity contribution in [2.24, 2.45) is 0 Å². The van der Waals surface area contributed by atoms with Gasteiger partial charge in [-0.1, -0.05) is 6.07 Å². The zero-order chi connectivity index (χ0) is 15.8. The first kappa shape index (κ1) is 14.8. The van der Waals surface area contributed by atoms with E-state index in [4.69, 9.17) is 5.26 Å². The summed E-state index contributed by atoms with van der Waals surface area (Å²) in [5, 5.41) is 18.0. The normalized spacial score (nSPS) is 17.8. The van der Waals surface area contributed by atoms with Crippen molar-refractivity contribution in [3.8, 4) is 6.07 Å². The highest BCUT2D eigenvalue weighted by Gasteiger charge is 2.48. The fourth-order valence-electron chi connectivity index (χ4n) is 2.34. The third-order valence-electron chi connectivity index (χ3n) is 3.24. The zero-order valence-corrected chi connectivity index (χ0v) is 10.5. The predicted molar refractivity (Wildman–Crippen MR) is 63.0 cm³/mol. The van der Waals surface area contributed by atoms with Crippen LogP contribution in [-0.2, 0) is 16.0 Å². The molecule has 0 bridgehead atoms. The topological polar surface area (TPSA) is 81.4 Å². The smallest absolute Gasteiger partial charge is 0.471 e. The van der Waals surface area contributed by atoms with Crippen LogP contribution in [-0.4, -0.2) is 34.6 Å². The lowest BCUT2D eigenvalue weighted by atomic mass is 9.91. The molecule has 1 aromatic rings. The van der Waals surface area contributed by atoms with E-state index < -0.39 is 24.1 Å². The second kappa shape index (κ2) is 5.09. The highest BCUT2D eigenvalue weighted by Crippen LogP contribution is 2.33. The van der Waals surface area contributed by atoms with Crippen LogP contribution in [0.4, 0.5) is 13.2 Å². The zero-order valence-electron chi connectivity index (χ0n) is 10.5. The largest absolute Gasteiger partial charge is 0.479 e. The van der Waals surface area contributed by atoms with E-state index in [1.807, 2.05) is 6.07 Å². The van der Waals surface area contributed by atoms with Crippen LogP contribution >= 0.6 is 0 Å². The number of halogens is 3. The van der Waals surface area contributed by atoms with Gasteiger partial charge in [0.1, 0.15) is 0 Å². The Morgan fingerprint density at radius 2 is 2.05 bits per heavy atom. The molecule has 110 valence electrons. The predicted octanol–water partition coefficient (Wildman–Crippen LogP) is 1.63. The standard InChI is InChI=1S/C13H9F3N2O3/c14-13(15,16)12(21)18-4-3-8-5-7(6-17)1-2-9(8)10(18)11(19)20/h1-2,5,10H,3-4H2,(H,19,20). The molecule has 5 nitrogen and oxygen atoms in total. The summed E-state index contributed by atoms with van der Waals surface area (Å²) >= 11 is 0. The van der Waals surface area contributed by atoms with E-state index in [0.717, 1.165) is 0 Å². The van der Waals surface area contributed by atoms with Crippen molar-refractivity contribution in [1.82, 2.24) is 4.90 Å². The van der Waals surface area contributed by atoms with Gasteiger partial charge in [0.05, 0.1) is 11.6 Å². The Labute approximate surface area is 117 Å². The number of carbonyl (C=O) groups excluding carboxylic acids is 1. The van der Waals surface area contributed by atoms with Crippen LogP contribution in [0.15, 0.2) is 18.2 Å². The van der Waals surface area contributed by atoms with Gasteiger partial charge in [0.2, 0.25) is 0 Å². The van der Waals surface area contributed by atoms with Gasteiger partial charge in [0, 0.05) is 6.54 Å². The number of carbonyl (C=O) groups is 2. The van der Waals surface area contributed by atoms with Crippen molar-refractivity contribution >= 4 is 11.9 Å². The average molecular weight is 298 g/mol. The number of aliphatic carboxylic acids is 1. The Bertz CT molecular complexity index is 649. The van der Waals surface area contributed by atoms with E-state index >= 15 is 0 Å². The molecule has 1 N–H and O–H groups in total. The van der Waals surface area contributed by atoms with Gasteiger partial charge in [-0.3, -0.25) is 4.79 Å². The summed E-state index contributed by atoms with van der Waals surface area (Å²) in [5.41, 5.74) is 0.853. The Morgan fingerprint density at radius 1 is 1.38 bits per heavy atom. The van der Waals surface area contributed by atoms with Gasteiger partial charge >= 0.3 is 18.1 Å². The molecule has 0 radical (unpaired) electrons. The number of benzene rings is 1. The minimum Gasteiger partial charge on any atom is -0.479 e. The number of hydrogen-bond acceptors (Lipinski definition) is 3. The second-order valence-electron chi connectivity index (χ2n) is 4.51. The average Bonchev–Trinajstić information content (AvgIpc) is 2.43. The fraction of sp³-hybridized carbons (Fsp3) is 0.308. The van der Waals surface area contributed by atoms with Crippen LogP contribution in [0, 0.1) is 11.3 Å². The van der Waals surface area contributed by atoms with Gasteiger partial charge in [-0.05, 0) is 29.7 Å². The highest BCUT2D eigenvalue weighted by molar-refractivity contribution is 5.88. The number of hydrogen-bond donors (Lipinski definition) is 1. The van der Waals surface area contributed by atoms with E-state index in [2.05, 4.69) is 0 Å². The van der Waals surface area contributed by atoms with Gasteiger partial charge in [-0.15, -0.1) is 0 Å². The van der Waals surface area contributed by atoms with E-state index in [1.165, 1.54) is 18.2 Å². The van der Waals surface area contributed by atoms with Crippen LogP contribution in [0.3, 0.4) is 0 Å². The van der Waals surface area contributed by atoms with Gasteiger partial charge in [0.15, 0.2) is 6.04 Å². The first-order valence-corrected chi connectivity index (χ1v) is 5.89. The molecule has 0 fully saturated rings. The van der Waals surface area contributed by atoms with Crippen LogP contribution in [0.1, 0.15) is 22.7 Å². The maximum atomic E-state index is 12.5. The maximum Gasteiger partial charge on any atom is 0.471 e. The van der Waals surface area contributed by atoms with E-state index in [1.54, 1.807) is 0 Å². The number of carboxylic acids is 1. The monoisotopic (exact) mass is 298 g/mol. The number of carboxylic acid groups (broad SMARTS) is 1. The Morgan fingerprint density at radius 3 is 2.57 bits per heavy atom. The number of amides is 1. The molecular formula is C13H9F3N2O3. The maximum absolute atomic E-state index is 12.5. The van der Waals surface area contributed by atoms with Gasteiger partial charge in [0.25, 0.3) is 0 Å². The molecule has 1 atom stereocenters. The summed E-state index contributed by atoms with van der Waals surface area (Å²) in [6, 6.07) is 4.20. The molecule has 2 rings (SSSR count). The lowest BCUT2D eigenvalue weighted by Gasteiger charge is -2.35. The number of nitriles is 1. The number of nitrogens with zero attached hydrogens (tertiary/aromatic N) is 2. The Hall–Kier alpha value is -2.56. The summed E-state index contributed by atoms with van der Waals surface area (Å²) in [4.78, 5) is 22.9. The molecule has 0 aliphatic carbocycles. The summed E-state index contributed by atoms with van der Waals surface area (Å²) < 4.78 is 37.6. The summed E-state index contributed by atoms with van der Waals surface area (Å²) in [5.74, 6) is -3.72. The highest BCUT2D eigenvalue weighted by atomic mass is 19.4. The number of alkyl halides is 3. The third kappa shape index (κ3) is 2.67. The van der Waals surface area contributed by atoms with E-state index in [0.29, 0.717) is 10.5 Å². The molecule has 21 heavy (non-hydrogen) atoms. The van der Waals surface area contributed by atoms with Crippen molar-refractivity contribution < 1.29 is 27.9 Å². The second-order valence-corrected chi connectivity index (χ2v) is 4.51. The number of fused-ring (bicyclic) bond motifs is 1. The summed E-state index contributed by atoms with van der Waals surface area (Å²) in [6.07, 6.45) is -5.06. The molecule has 8 heteroatoms. The van der Waals surface area contributed by atoms with Gasteiger partial charge < -0.3 is 10.0 Å². The van der Waals surface area contributed by atoms with Crippen molar-refractivity contribution in [2.45, 2.75) is 18.6 Å². The molecule has 1 heterocycles. The minimum atomic E-state index is -5.13. The minimum absolute atomic E-state index is 0.0659. The van der Waals surface area contributed by atoms with Crippen molar-refractivity contribution in [1.29, 1.82) is 5.26 Å². The summed E-state index contributed by atoms with van der Waals surface area (Å²) in [7, 11) is 0. The van der Waals surface area contributed by atoms with Crippen LogP contribution in [0.5, 0.6) is 0 Å². The molecule has 1 amide bonds. The molecule has 0 spiro atoms. The van der Waals surface area contributed by atoms with Crippen molar-refractivity contribution in [3.05, 3.63) is 34.9 Å². The molecule has 1 aliphatic rings. The van der Waals surface area contributed by atoms with Gasteiger partial charge in [-0.25, -0.2) is 4.79 Å².